The topological polar surface area (TPSA) is 52.6 Å². The monoisotopic (exact) mass is 550 g/mol. The van der Waals surface area contributed by atoms with E-state index in [2.05, 4.69) is 20.8 Å². The van der Waals surface area contributed by atoms with Crippen LogP contribution < -0.4 is 0 Å². The summed E-state index contributed by atoms with van der Waals surface area (Å²) < 4.78 is 11.6. The van der Waals surface area contributed by atoms with Crippen LogP contribution in [0, 0.1) is 17.8 Å². The average molecular weight is 551 g/mol. The Morgan fingerprint density at radius 1 is 0.538 bits per heavy atom. The van der Waals surface area contributed by atoms with E-state index in [4.69, 9.17) is 9.47 Å². The minimum absolute atomic E-state index is 0.147. The fourth-order valence-electron chi connectivity index (χ4n) is 6.16. The molecule has 1 aliphatic rings. The van der Waals surface area contributed by atoms with Crippen LogP contribution in [0.25, 0.3) is 0 Å². The van der Waals surface area contributed by atoms with Gasteiger partial charge < -0.3 is 9.47 Å². The van der Waals surface area contributed by atoms with Gasteiger partial charge in [0, 0.05) is 0 Å². The van der Waals surface area contributed by atoms with Crippen LogP contribution in [0.3, 0.4) is 0 Å². The molecule has 0 aromatic heterocycles. The van der Waals surface area contributed by atoms with E-state index in [0.717, 1.165) is 64.2 Å². The lowest BCUT2D eigenvalue weighted by Crippen LogP contribution is -2.35. The number of rotatable bonds is 26. The molecular weight excluding hydrogens is 484 g/mol. The van der Waals surface area contributed by atoms with Crippen molar-refractivity contribution in [1.82, 2.24) is 0 Å². The fourth-order valence-corrected chi connectivity index (χ4v) is 6.16. The zero-order valence-electron chi connectivity index (χ0n) is 26.5. The minimum Gasteiger partial charge on any atom is -0.465 e. The van der Waals surface area contributed by atoms with Gasteiger partial charge in [-0.3, -0.25) is 9.59 Å². The highest BCUT2D eigenvalue weighted by Gasteiger charge is 2.37. The van der Waals surface area contributed by atoms with E-state index in [9.17, 15) is 9.59 Å². The number of carbonyl (C=O) groups is 2. The molecule has 0 spiro atoms. The van der Waals surface area contributed by atoms with Crippen molar-refractivity contribution < 1.29 is 19.1 Å². The molecule has 39 heavy (non-hydrogen) atoms. The van der Waals surface area contributed by atoms with E-state index in [-0.39, 0.29) is 23.8 Å². The normalized spacial score (nSPS) is 15.7. The van der Waals surface area contributed by atoms with Crippen molar-refractivity contribution >= 4 is 11.9 Å². The van der Waals surface area contributed by atoms with Crippen LogP contribution in [-0.4, -0.2) is 25.2 Å². The Kier molecular flexibility index (Phi) is 23.9. The van der Waals surface area contributed by atoms with Crippen molar-refractivity contribution in [3.8, 4) is 0 Å². The first-order valence-corrected chi connectivity index (χ1v) is 17.5. The third-order valence-electron chi connectivity index (χ3n) is 8.76. The zero-order valence-corrected chi connectivity index (χ0v) is 26.5. The van der Waals surface area contributed by atoms with Crippen molar-refractivity contribution in [3.05, 3.63) is 0 Å². The molecule has 1 saturated carbocycles. The second-order valence-electron chi connectivity index (χ2n) is 12.4. The maximum Gasteiger partial charge on any atom is 0.309 e. The molecule has 1 fully saturated rings. The molecule has 4 heteroatoms. The van der Waals surface area contributed by atoms with E-state index in [1.807, 2.05) is 0 Å². The SMILES string of the molecule is CCCCCCCCCCCCCCC(C(=O)OCCCCC)C(CC1CCCCC1)C(=O)OCCCCC. The van der Waals surface area contributed by atoms with Gasteiger partial charge in [0.25, 0.3) is 0 Å². The van der Waals surface area contributed by atoms with Gasteiger partial charge in [-0.2, -0.15) is 0 Å². The van der Waals surface area contributed by atoms with Gasteiger partial charge in [0.2, 0.25) is 0 Å². The Bertz CT molecular complexity index is 569. The first kappa shape index (κ1) is 36.0. The Morgan fingerprint density at radius 2 is 0.949 bits per heavy atom. The number of unbranched alkanes of at least 4 members (excludes halogenated alkanes) is 15. The molecule has 0 aromatic carbocycles. The fraction of sp³-hybridized carbons (Fsp3) is 0.943. The van der Waals surface area contributed by atoms with Crippen LogP contribution in [0.15, 0.2) is 0 Å². The lowest BCUT2D eigenvalue weighted by atomic mass is 9.77. The third-order valence-corrected chi connectivity index (χ3v) is 8.76. The summed E-state index contributed by atoms with van der Waals surface area (Å²) in [5, 5.41) is 0. The molecule has 1 aliphatic carbocycles. The second kappa shape index (κ2) is 25.9. The van der Waals surface area contributed by atoms with Gasteiger partial charge in [0.1, 0.15) is 0 Å². The van der Waals surface area contributed by atoms with E-state index in [0.29, 0.717) is 19.1 Å². The molecule has 230 valence electrons. The summed E-state index contributed by atoms with van der Waals surface area (Å²) in [6.07, 6.45) is 29.4. The predicted molar refractivity (Wildman–Crippen MR) is 165 cm³/mol. The summed E-state index contributed by atoms with van der Waals surface area (Å²) in [4.78, 5) is 26.8. The summed E-state index contributed by atoms with van der Waals surface area (Å²) in [7, 11) is 0. The molecule has 0 bridgehead atoms. The van der Waals surface area contributed by atoms with Crippen LogP contribution in [0.2, 0.25) is 0 Å². The lowest BCUT2D eigenvalue weighted by molar-refractivity contribution is -0.162. The van der Waals surface area contributed by atoms with Gasteiger partial charge in [0.15, 0.2) is 0 Å². The Morgan fingerprint density at radius 3 is 1.44 bits per heavy atom. The Balaban J connectivity index is 2.62. The standard InChI is InChI=1S/C35H66O4/c1-4-7-10-11-12-13-14-15-16-17-18-22-27-32(34(36)38-28-23-8-5-2)33(30-31-25-20-19-21-26-31)35(37)39-29-24-9-6-3/h31-33H,4-30H2,1-3H3. The maximum absolute atomic E-state index is 13.4. The molecule has 0 aliphatic heterocycles. The highest BCUT2D eigenvalue weighted by atomic mass is 16.5. The van der Waals surface area contributed by atoms with Gasteiger partial charge in [-0.25, -0.2) is 0 Å². The van der Waals surface area contributed by atoms with Crippen LogP contribution >= 0.6 is 0 Å². The highest BCUT2D eigenvalue weighted by Crippen LogP contribution is 2.35. The van der Waals surface area contributed by atoms with E-state index < -0.39 is 0 Å². The molecule has 1 rings (SSSR count). The molecule has 0 aromatic rings. The quantitative estimate of drug-likeness (QED) is 0.0793. The summed E-state index contributed by atoms with van der Waals surface area (Å²) in [5.74, 6) is -0.465. The van der Waals surface area contributed by atoms with Crippen LogP contribution in [0.4, 0.5) is 0 Å². The molecule has 0 amide bonds. The summed E-state index contributed by atoms with van der Waals surface area (Å²) in [6.45, 7) is 7.55. The van der Waals surface area contributed by atoms with E-state index >= 15 is 0 Å². The van der Waals surface area contributed by atoms with Gasteiger partial charge in [0.05, 0.1) is 25.0 Å². The van der Waals surface area contributed by atoms with Crippen LogP contribution in [0.1, 0.15) is 181 Å². The molecule has 2 unspecified atom stereocenters. The average Bonchev–Trinajstić information content (AvgIpc) is 2.95. The largest absolute Gasteiger partial charge is 0.465 e. The molecular formula is C35H66O4. The molecule has 4 nitrogen and oxygen atoms in total. The van der Waals surface area contributed by atoms with E-state index in [1.54, 1.807) is 0 Å². The van der Waals surface area contributed by atoms with Gasteiger partial charge in [-0.05, 0) is 31.6 Å². The number of carbonyl (C=O) groups excluding carboxylic acids is 2. The first-order chi connectivity index (χ1) is 19.1. The van der Waals surface area contributed by atoms with Crippen molar-refractivity contribution in [2.24, 2.45) is 17.8 Å². The first-order valence-electron chi connectivity index (χ1n) is 17.5. The number of hydrogen-bond donors (Lipinski definition) is 0. The molecule has 0 radical (unpaired) electrons. The predicted octanol–water partition coefficient (Wildman–Crippen LogP) is 10.7. The zero-order chi connectivity index (χ0) is 28.4. The van der Waals surface area contributed by atoms with Gasteiger partial charge in [-0.15, -0.1) is 0 Å². The van der Waals surface area contributed by atoms with Crippen molar-refractivity contribution in [3.63, 3.8) is 0 Å². The number of esters is 2. The summed E-state index contributed by atoms with van der Waals surface area (Å²) >= 11 is 0. The summed E-state index contributed by atoms with van der Waals surface area (Å²) in [6, 6.07) is 0. The van der Waals surface area contributed by atoms with Crippen LogP contribution in [-0.2, 0) is 19.1 Å². The maximum atomic E-state index is 13.4. The van der Waals surface area contributed by atoms with Crippen molar-refractivity contribution in [2.75, 3.05) is 13.2 Å². The smallest absolute Gasteiger partial charge is 0.309 e. The van der Waals surface area contributed by atoms with Crippen molar-refractivity contribution in [1.29, 1.82) is 0 Å². The highest BCUT2D eigenvalue weighted by molar-refractivity contribution is 5.82. The van der Waals surface area contributed by atoms with Gasteiger partial charge >= 0.3 is 11.9 Å². The molecule has 0 N–H and O–H groups in total. The van der Waals surface area contributed by atoms with Crippen LogP contribution in [0.5, 0.6) is 0 Å². The second-order valence-corrected chi connectivity index (χ2v) is 12.4. The number of hydrogen-bond acceptors (Lipinski definition) is 4. The third kappa shape index (κ3) is 18.8. The molecule has 0 heterocycles. The molecule has 2 atom stereocenters. The van der Waals surface area contributed by atoms with E-state index in [1.165, 1.54) is 96.3 Å². The number of ether oxygens (including phenoxy) is 2. The van der Waals surface area contributed by atoms with Gasteiger partial charge in [-0.1, -0.05) is 156 Å². The summed E-state index contributed by atoms with van der Waals surface area (Å²) in [5.41, 5.74) is 0. The Labute approximate surface area is 243 Å². The van der Waals surface area contributed by atoms with Crippen molar-refractivity contribution in [2.45, 2.75) is 181 Å². The lowest BCUT2D eigenvalue weighted by Gasteiger charge is -2.30. The Hall–Kier alpha value is -1.06. The molecule has 0 saturated heterocycles. The minimum atomic E-state index is -0.352.